The summed E-state index contributed by atoms with van der Waals surface area (Å²) >= 11 is 0. The van der Waals surface area contributed by atoms with Crippen LogP contribution in [0, 0.1) is 5.92 Å². The summed E-state index contributed by atoms with van der Waals surface area (Å²) in [5, 5.41) is 10.7. The second-order valence-electron chi connectivity index (χ2n) is 5.87. The quantitative estimate of drug-likeness (QED) is 0.851. The largest absolute Gasteiger partial charge is 0.465 e. The summed E-state index contributed by atoms with van der Waals surface area (Å²) < 4.78 is 4.99. The molecule has 20 heavy (non-hydrogen) atoms. The van der Waals surface area contributed by atoms with Crippen LogP contribution in [-0.4, -0.2) is 41.3 Å². The molecule has 0 amide bonds. The number of aliphatic hydroxyl groups is 1. The minimum Gasteiger partial charge on any atom is -0.465 e. The molecule has 1 aromatic rings. The van der Waals surface area contributed by atoms with Crippen molar-refractivity contribution in [2.45, 2.75) is 31.4 Å². The maximum absolute atomic E-state index is 11.7. The van der Waals surface area contributed by atoms with Gasteiger partial charge in [0.15, 0.2) is 0 Å². The van der Waals surface area contributed by atoms with Gasteiger partial charge in [0.2, 0.25) is 0 Å². The van der Waals surface area contributed by atoms with E-state index < -0.39 is 5.60 Å². The van der Waals surface area contributed by atoms with Crippen LogP contribution in [0.25, 0.3) is 0 Å². The van der Waals surface area contributed by atoms with Crippen molar-refractivity contribution < 1.29 is 14.6 Å². The highest BCUT2D eigenvalue weighted by atomic mass is 16.5. The Labute approximate surface area is 119 Å². The van der Waals surface area contributed by atoms with Crippen LogP contribution in [0.5, 0.6) is 0 Å². The molecule has 2 aliphatic heterocycles. The molecule has 2 fully saturated rings. The molecule has 0 aliphatic carbocycles. The molecule has 108 valence electrons. The number of carbonyl (C=O) groups is 1. The number of ether oxygens (including phenoxy) is 1. The van der Waals surface area contributed by atoms with Crippen LogP contribution >= 0.6 is 0 Å². The van der Waals surface area contributed by atoms with E-state index in [0.717, 1.165) is 19.6 Å². The molecule has 4 heteroatoms. The summed E-state index contributed by atoms with van der Waals surface area (Å²) in [5.74, 6) is -0.537. The topological polar surface area (TPSA) is 49.8 Å². The fourth-order valence-corrected chi connectivity index (χ4v) is 3.27. The zero-order valence-electron chi connectivity index (χ0n) is 11.6. The molecule has 2 aliphatic rings. The Morgan fingerprint density at radius 2 is 1.95 bits per heavy atom. The van der Waals surface area contributed by atoms with Gasteiger partial charge in [0.05, 0.1) is 18.1 Å². The minimum absolute atomic E-state index is 0.219. The van der Waals surface area contributed by atoms with E-state index in [0.29, 0.717) is 25.9 Å². The second kappa shape index (κ2) is 5.54. The van der Waals surface area contributed by atoms with Crippen LogP contribution in [0.15, 0.2) is 30.3 Å². The minimum atomic E-state index is -0.860. The van der Waals surface area contributed by atoms with E-state index in [4.69, 9.17) is 4.74 Å². The summed E-state index contributed by atoms with van der Waals surface area (Å²) in [5.41, 5.74) is 0.430. The number of esters is 1. The monoisotopic (exact) mass is 275 g/mol. The van der Waals surface area contributed by atoms with E-state index in [1.54, 1.807) is 0 Å². The summed E-state index contributed by atoms with van der Waals surface area (Å²) in [7, 11) is 0. The summed E-state index contributed by atoms with van der Waals surface area (Å²) in [6.45, 7) is 3.02. The smallest absolute Gasteiger partial charge is 0.311 e. The van der Waals surface area contributed by atoms with Crippen LogP contribution in [0.1, 0.15) is 24.8 Å². The first kappa shape index (κ1) is 13.6. The van der Waals surface area contributed by atoms with Gasteiger partial charge < -0.3 is 9.84 Å². The molecule has 2 heterocycles. The Balaban J connectivity index is 1.58. The Bertz CT molecular complexity index is 466. The predicted octanol–water partition coefficient (Wildman–Crippen LogP) is 1.58. The highest BCUT2D eigenvalue weighted by Gasteiger charge is 2.46. The average molecular weight is 275 g/mol. The van der Waals surface area contributed by atoms with Crippen molar-refractivity contribution in [3.05, 3.63) is 35.9 Å². The molecule has 1 N–H and O–H groups in total. The third-order valence-electron chi connectivity index (χ3n) is 4.55. The lowest BCUT2D eigenvalue weighted by Gasteiger charge is -2.40. The Hall–Kier alpha value is -1.39. The van der Waals surface area contributed by atoms with Crippen molar-refractivity contribution in [3.63, 3.8) is 0 Å². The van der Waals surface area contributed by atoms with E-state index in [1.807, 2.05) is 18.2 Å². The van der Waals surface area contributed by atoms with E-state index in [2.05, 4.69) is 17.0 Å². The van der Waals surface area contributed by atoms with E-state index in [1.165, 1.54) is 5.56 Å². The van der Waals surface area contributed by atoms with Crippen LogP contribution in [0.2, 0.25) is 0 Å². The molecule has 1 unspecified atom stereocenters. The van der Waals surface area contributed by atoms with Gasteiger partial charge in [0.25, 0.3) is 0 Å². The van der Waals surface area contributed by atoms with Crippen molar-refractivity contribution in [2.75, 3.05) is 19.7 Å². The lowest BCUT2D eigenvalue weighted by atomic mass is 9.78. The highest BCUT2D eigenvalue weighted by molar-refractivity contribution is 5.75. The molecule has 0 aromatic heterocycles. The van der Waals surface area contributed by atoms with Gasteiger partial charge in [-0.2, -0.15) is 0 Å². The van der Waals surface area contributed by atoms with Gasteiger partial charge in [0.1, 0.15) is 0 Å². The molecule has 0 saturated carbocycles. The number of hydrogen-bond acceptors (Lipinski definition) is 4. The Kier molecular flexibility index (Phi) is 3.76. The number of piperidine rings is 1. The first-order chi connectivity index (χ1) is 9.67. The van der Waals surface area contributed by atoms with E-state index in [-0.39, 0.29) is 11.9 Å². The van der Waals surface area contributed by atoms with Crippen molar-refractivity contribution >= 4 is 5.97 Å². The van der Waals surface area contributed by atoms with E-state index >= 15 is 0 Å². The first-order valence-corrected chi connectivity index (χ1v) is 7.33. The fraction of sp³-hybridized carbons (Fsp3) is 0.562. The van der Waals surface area contributed by atoms with Crippen LogP contribution in [-0.2, 0) is 16.1 Å². The molecule has 4 nitrogen and oxygen atoms in total. The van der Waals surface area contributed by atoms with Crippen LogP contribution in [0.3, 0.4) is 0 Å². The summed E-state index contributed by atoms with van der Waals surface area (Å²) in [4.78, 5) is 14.0. The highest BCUT2D eigenvalue weighted by Crippen LogP contribution is 2.35. The molecular weight excluding hydrogens is 254 g/mol. The molecule has 0 bridgehead atoms. The molecule has 1 aromatic carbocycles. The number of likely N-dealkylation sites (tertiary alicyclic amines) is 1. The number of cyclic esters (lactones) is 1. The van der Waals surface area contributed by atoms with Gasteiger partial charge in [-0.25, -0.2) is 0 Å². The van der Waals surface area contributed by atoms with Crippen LogP contribution in [0.4, 0.5) is 0 Å². The molecular formula is C16H21NO3. The van der Waals surface area contributed by atoms with E-state index in [9.17, 15) is 9.90 Å². The lowest BCUT2D eigenvalue weighted by Crippen LogP contribution is -2.49. The van der Waals surface area contributed by atoms with Gasteiger partial charge in [-0.15, -0.1) is 0 Å². The maximum Gasteiger partial charge on any atom is 0.311 e. The molecule has 3 rings (SSSR count). The average Bonchev–Trinajstić information content (AvgIpc) is 2.90. The Morgan fingerprint density at radius 1 is 1.25 bits per heavy atom. The normalized spacial score (nSPS) is 26.4. The number of benzene rings is 1. The molecule has 0 radical (unpaired) electrons. The van der Waals surface area contributed by atoms with Gasteiger partial charge >= 0.3 is 5.97 Å². The number of nitrogens with zero attached hydrogens (tertiary/aromatic N) is 1. The third kappa shape index (κ3) is 2.72. The lowest BCUT2D eigenvalue weighted by molar-refractivity contribution is -0.151. The zero-order chi connectivity index (χ0) is 14.0. The summed E-state index contributed by atoms with van der Waals surface area (Å²) in [6.07, 6.45) is 1.97. The van der Waals surface area contributed by atoms with Crippen molar-refractivity contribution in [1.29, 1.82) is 0 Å². The van der Waals surface area contributed by atoms with Crippen molar-refractivity contribution in [2.24, 2.45) is 5.92 Å². The maximum atomic E-state index is 11.7. The number of hydrogen-bond donors (Lipinski definition) is 1. The van der Waals surface area contributed by atoms with Gasteiger partial charge in [-0.05, 0) is 24.8 Å². The summed E-state index contributed by atoms with van der Waals surface area (Å²) in [6, 6.07) is 10.3. The van der Waals surface area contributed by atoms with Crippen LogP contribution < -0.4 is 0 Å². The standard InChI is InChI=1S/C16H21NO3/c18-15-14(6-11-20-15)16(19)7-9-17(10-8-16)12-13-4-2-1-3-5-13/h1-5,14,19H,6-12H2. The predicted molar refractivity (Wildman–Crippen MR) is 75.0 cm³/mol. The molecule has 0 spiro atoms. The Morgan fingerprint density at radius 3 is 2.55 bits per heavy atom. The molecule has 2 saturated heterocycles. The fourth-order valence-electron chi connectivity index (χ4n) is 3.27. The number of carbonyl (C=O) groups excluding carboxylic acids is 1. The van der Waals surface area contributed by atoms with Gasteiger partial charge in [0, 0.05) is 19.6 Å². The third-order valence-corrected chi connectivity index (χ3v) is 4.55. The molecule has 1 atom stereocenters. The second-order valence-corrected chi connectivity index (χ2v) is 5.87. The number of rotatable bonds is 3. The SMILES string of the molecule is O=C1OCCC1C1(O)CCN(Cc2ccccc2)CC1. The van der Waals surface area contributed by atoms with Crippen molar-refractivity contribution in [1.82, 2.24) is 4.90 Å². The van der Waals surface area contributed by atoms with Crippen molar-refractivity contribution in [3.8, 4) is 0 Å². The van der Waals surface area contributed by atoms with Gasteiger partial charge in [-0.1, -0.05) is 30.3 Å². The van der Waals surface area contributed by atoms with Gasteiger partial charge in [-0.3, -0.25) is 9.69 Å². The zero-order valence-corrected chi connectivity index (χ0v) is 11.6. The first-order valence-electron chi connectivity index (χ1n) is 7.33.